The summed E-state index contributed by atoms with van der Waals surface area (Å²) < 4.78 is 0. The molecule has 1 aliphatic rings. The minimum absolute atomic E-state index is 0.281. The lowest BCUT2D eigenvalue weighted by molar-refractivity contribution is -0.133. The van der Waals surface area contributed by atoms with Crippen LogP contribution in [-0.4, -0.2) is 17.4 Å². The Labute approximate surface area is 104 Å². The van der Waals surface area contributed by atoms with Crippen molar-refractivity contribution in [2.24, 2.45) is 0 Å². The van der Waals surface area contributed by atoms with Gasteiger partial charge in [0.25, 0.3) is 0 Å². The van der Waals surface area contributed by atoms with Crippen LogP contribution >= 0.6 is 0 Å². The van der Waals surface area contributed by atoms with Crippen LogP contribution in [0.1, 0.15) is 49.4 Å². The number of carbonyl (C=O) groups excluding carboxylic acids is 1. The van der Waals surface area contributed by atoms with Crippen molar-refractivity contribution in [1.82, 2.24) is 4.90 Å². The highest BCUT2D eigenvalue weighted by atomic mass is 16.2. The van der Waals surface area contributed by atoms with Gasteiger partial charge in [0.2, 0.25) is 5.91 Å². The van der Waals surface area contributed by atoms with E-state index in [0.717, 1.165) is 19.4 Å². The Hall–Kier alpha value is -1.31. The first-order valence-corrected chi connectivity index (χ1v) is 6.56. The number of nitrogens with zero attached hydrogens (tertiary/aromatic N) is 1. The van der Waals surface area contributed by atoms with E-state index < -0.39 is 0 Å². The van der Waals surface area contributed by atoms with Gasteiger partial charge in [-0.25, -0.2) is 0 Å². The lowest BCUT2D eigenvalue weighted by Crippen LogP contribution is -2.39. The van der Waals surface area contributed by atoms with Crippen molar-refractivity contribution >= 4 is 5.91 Å². The molecule has 92 valence electrons. The van der Waals surface area contributed by atoms with Crippen LogP contribution in [0.4, 0.5) is 0 Å². The first kappa shape index (κ1) is 12.2. The molecule has 0 spiro atoms. The zero-order valence-corrected chi connectivity index (χ0v) is 11.0. The Kier molecular flexibility index (Phi) is 3.51. The molecule has 0 aliphatic carbocycles. The molecule has 2 nitrogen and oxygen atoms in total. The molecule has 1 heterocycles. The zero-order valence-electron chi connectivity index (χ0n) is 11.0. The predicted octanol–water partition coefficient (Wildman–Crippen LogP) is 3.24. The first-order chi connectivity index (χ1) is 8.17. The summed E-state index contributed by atoms with van der Waals surface area (Å²) in [6.45, 7) is 7.11. The average Bonchev–Trinajstić information content (AvgIpc) is 2.36. The van der Waals surface area contributed by atoms with Crippen molar-refractivity contribution in [3.05, 3.63) is 34.9 Å². The third-order valence-corrected chi connectivity index (χ3v) is 3.67. The van der Waals surface area contributed by atoms with Crippen molar-refractivity contribution in [2.75, 3.05) is 6.54 Å². The van der Waals surface area contributed by atoms with Gasteiger partial charge in [-0.15, -0.1) is 0 Å². The molecular weight excluding hydrogens is 210 g/mol. The normalized spacial score (nSPS) is 19.0. The molecule has 0 saturated carbocycles. The van der Waals surface area contributed by atoms with Crippen LogP contribution < -0.4 is 0 Å². The molecule has 2 heteroatoms. The molecule has 1 atom stereocenters. The number of aryl methyl sites for hydroxylation is 1. The van der Waals surface area contributed by atoms with E-state index in [1.54, 1.807) is 0 Å². The molecule has 1 amide bonds. The Bertz CT molecular complexity index is 425. The molecule has 0 aromatic heterocycles. The molecule has 0 saturated heterocycles. The highest BCUT2D eigenvalue weighted by Gasteiger charge is 2.28. The molecule has 17 heavy (non-hydrogen) atoms. The number of hydrogen-bond donors (Lipinski definition) is 0. The first-order valence-electron chi connectivity index (χ1n) is 6.56. The third kappa shape index (κ3) is 2.21. The highest BCUT2D eigenvalue weighted by Crippen LogP contribution is 2.32. The standard InChI is InChI=1S/C15H21NO/c1-4-14-13-7-6-11(3)10-12(13)8-9-16(14)15(17)5-2/h6-7,10,14H,4-5,8-9H2,1-3H3. The van der Waals surface area contributed by atoms with E-state index >= 15 is 0 Å². The van der Waals surface area contributed by atoms with E-state index in [1.165, 1.54) is 16.7 Å². The van der Waals surface area contributed by atoms with Crippen LogP contribution in [0.2, 0.25) is 0 Å². The van der Waals surface area contributed by atoms with Crippen molar-refractivity contribution in [3.63, 3.8) is 0 Å². The van der Waals surface area contributed by atoms with E-state index in [2.05, 4.69) is 36.9 Å². The summed E-state index contributed by atoms with van der Waals surface area (Å²) in [6, 6.07) is 6.91. The number of fused-ring (bicyclic) bond motifs is 1. The second kappa shape index (κ2) is 4.91. The van der Waals surface area contributed by atoms with Crippen molar-refractivity contribution in [1.29, 1.82) is 0 Å². The molecule has 0 bridgehead atoms. The lowest BCUT2D eigenvalue weighted by Gasteiger charge is -2.37. The van der Waals surface area contributed by atoms with Crippen molar-refractivity contribution in [3.8, 4) is 0 Å². The molecule has 0 fully saturated rings. The van der Waals surface area contributed by atoms with Crippen molar-refractivity contribution in [2.45, 2.75) is 46.1 Å². The minimum atomic E-state index is 0.281. The number of benzene rings is 1. The monoisotopic (exact) mass is 231 g/mol. The van der Waals surface area contributed by atoms with Crippen LogP contribution in [-0.2, 0) is 11.2 Å². The summed E-state index contributed by atoms with van der Waals surface area (Å²) in [5.41, 5.74) is 4.09. The fourth-order valence-corrected chi connectivity index (χ4v) is 2.78. The highest BCUT2D eigenvalue weighted by molar-refractivity contribution is 5.76. The van der Waals surface area contributed by atoms with Gasteiger partial charge in [-0.1, -0.05) is 37.6 Å². The maximum absolute atomic E-state index is 11.9. The number of hydrogen-bond acceptors (Lipinski definition) is 1. The number of rotatable bonds is 2. The average molecular weight is 231 g/mol. The molecule has 1 aromatic carbocycles. The van der Waals surface area contributed by atoms with Gasteiger partial charge in [-0.3, -0.25) is 4.79 Å². The molecule has 2 rings (SSSR count). The number of carbonyl (C=O) groups is 1. The minimum Gasteiger partial charge on any atom is -0.335 e. The van der Waals surface area contributed by atoms with Crippen LogP contribution in [0.25, 0.3) is 0 Å². The Morgan fingerprint density at radius 2 is 2.18 bits per heavy atom. The van der Waals surface area contributed by atoms with E-state index in [-0.39, 0.29) is 11.9 Å². The fourth-order valence-electron chi connectivity index (χ4n) is 2.78. The molecule has 1 aliphatic heterocycles. The molecule has 0 radical (unpaired) electrons. The second-order valence-electron chi connectivity index (χ2n) is 4.82. The Morgan fingerprint density at radius 3 is 2.82 bits per heavy atom. The largest absolute Gasteiger partial charge is 0.335 e. The van der Waals surface area contributed by atoms with Gasteiger partial charge in [0.05, 0.1) is 6.04 Å². The third-order valence-electron chi connectivity index (χ3n) is 3.67. The summed E-state index contributed by atoms with van der Waals surface area (Å²) in [7, 11) is 0. The smallest absolute Gasteiger partial charge is 0.222 e. The fraction of sp³-hybridized carbons (Fsp3) is 0.533. The van der Waals surface area contributed by atoms with Gasteiger partial charge < -0.3 is 4.90 Å². The molecular formula is C15H21NO. The second-order valence-corrected chi connectivity index (χ2v) is 4.82. The summed E-state index contributed by atoms with van der Waals surface area (Å²) in [4.78, 5) is 14.0. The van der Waals surface area contributed by atoms with Crippen LogP contribution in [0, 0.1) is 6.92 Å². The van der Waals surface area contributed by atoms with E-state index in [4.69, 9.17) is 0 Å². The van der Waals surface area contributed by atoms with Gasteiger partial charge >= 0.3 is 0 Å². The number of amides is 1. The van der Waals surface area contributed by atoms with E-state index in [1.807, 2.05) is 6.92 Å². The quantitative estimate of drug-likeness (QED) is 0.765. The Balaban J connectivity index is 2.36. The Morgan fingerprint density at radius 1 is 1.41 bits per heavy atom. The van der Waals surface area contributed by atoms with Crippen LogP contribution in [0.15, 0.2) is 18.2 Å². The molecule has 1 unspecified atom stereocenters. The summed E-state index contributed by atoms with van der Waals surface area (Å²) in [5, 5.41) is 0. The van der Waals surface area contributed by atoms with Crippen molar-refractivity contribution < 1.29 is 4.79 Å². The van der Waals surface area contributed by atoms with E-state index in [0.29, 0.717) is 6.42 Å². The maximum Gasteiger partial charge on any atom is 0.222 e. The lowest BCUT2D eigenvalue weighted by atomic mass is 9.89. The molecule has 0 N–H and O–H groups in total. The van der Waals surface area contributed by atoms with Gasteiger partial charge in [-0.2, -0.15) is 0 Å². The zero-order chi connectivity index (χ0) is 12.4. The SMILES string of the molecule is CCC(=O)N1CCc2cc(C)ccc2C1CC. The van der Waals surface area contributed by atoms with Crippen LogP contribution in [0.5, 0.6) is 0 Å². The van der Waals surface area contributed by atoms with E-state index in [9.17, 15) is 4.79 Å². The summed E-state index contributed by atoms with van der Waals surface area (Å²) >= 11 is 0. The van der Waals surface area contributed by atoms with Gasteiger partial charge in [-0.05, 0) is 30.9 Å². The summed E-state index contributed by atoms with van der Waals surface area (Å²) in [5.74, 6) is 0.281. The van der Waals surface area contributed by atoms with Gasteiger partial charge in [0.15, 0.2) is 0 Å². The van der Waals surface area contributed by atoms with Gasteiger partial charge in [0, 0.05) is 13.0 Å². The van der Waals surface area contributed by atoms with Crippen LogP contribution in [0.3, 0.4) is 0 Å². The maximum atomic E-state index is 11.9. The predicted molar refractivity (Wildman–Crippen MR) is 69.9 cm³/mol. The van der Waals surface area contributed by atoms with Gasteiger partial charge in [0.1, 0.15) is 0 Å². The summed E-state index contributed by atoms with van der Waals surface area (Å²) in [6.07, 6.45) is 2.61. The molecule has 1 aromatic rings. The topological polar surface area (TPSA) is 20.3 Å².